The van der Waals surface area contributed by atoms with Crippen molar-refractivity contribution in [3.05, 3.63) is 29.8 Å². The molecule has 1 aromatic carbocycles. The van der Waals surface area contributed by atoms with Gasteiger partial charge in [-0.05, 0) is 37.1 Å². The molecule has 1 rings (SSSR count). The predicted molar refractivity (Wildman–Crippen MR) is 74.3 cm³/mol. The third-order valence-electron chi connectivity index (χ3n) is 2.88. The van der Waals surface area contributed by atoms with E-state index in [4.69, 9.17) is 0 Å². The Morgan fingerprint density at radius 2 is 1.74 bits per heavy atom. The van der Waals surface area contributed by atoms with E-state index >= 15 is 0 Å². The molecule has 19 heavy (non-hydrogen) atoms. The Kier molecular flexibility index (Phi) is 5.85. The summed E-state index contributed by atoms with van der Waals surface area (Å²) in [4.78, 5) is 22.9. The standard InChI is InChI=1S/C14H20N2O3/c1-4-11(5-2)15-14(18)16-12-8-6-10(7-9-12)13(17)19-3/h6-9,11H,4-5H2,1-3H3,(H2,15,16,18). The number of benzene rings is 1. The Hall–Kier alpha value is -2.04. The lowest BCUT2D eigenvalue weighted by Crippen LogP contribution is -2.37. The molecule has 104 valence electrons. The average Bonchev–Trinajstić information content (AvgIpc) is 2.44. The average molecular weight is 264 g/mol. The van der Waals surface area contributed by atoms with Gasteiger partial charge in [0.1, 0.15) is 0 Å². The van der Waals surface area contributed by atoms with Crippen molar-refractivity contribution in [2.75, 3.05) is 12.4 Å². The lowest BCUT2D eigenvalue weighted by atomic mass is 10.2. The van der Waals surface area contributed by atoms with Gasteiger partial charge in [-0.3, -0.25) is 0 Å². The fraction of sp³-hybridized carbons (Fsp3) is 0.429. The van der Waals surface area contributed by atoms with E-state index < -0.39 is 5.97 Å². The van der Waals surface area contributed by atoms with Gasteiger partial charge in [0.15, 0.2) is 0 Å². The minimum atomic E-state index is -0.395. The zero-order valence-corrected chi connectivity index (χ0v) is 11.5. The number of urea groups is 1. The van der Waals surface area contributed by atoms with Gasteiger partial charge in [0.2, 0.25) is 0 Å². The van der Waals surface area contributed by atoms with E-state index in [0.29, 0.717) is 11.3 Å². The van der Waals surface area contributed by atoms with Crippen molar-refractivity contribution >= 4 is 17.7 Å². The van der Waals surface area contributed by atoms with Gasteiger partial charge in [-0.15, -0.1) is 0 Å². The molecule has 0 heterocycles. The number of ether oxygens (including phenoxy) is 1. The van der Waals surface area contributed by atoms with Gasteiger partial charge in [0.25, 0.3) is 0 Å². The zero-order valence-electron chi connectivity index (χ0n) is 11.5. The van der Waals surface area contributed by atoms with Gasteiger partial charge in [-0.1, -0.05) is 13.8 Å². The van der Waals surface area contributed by atoms with Crippen LogP contribution in [0.4, 0.5) is 10.5 Å². The van der Waals surface area contributed by atoms with Crippen molar-refractivity contribution in [2.24, 2.45) is 0 Å². The summed E-state index contributed by atoms with van der Waals surface area (Å²) in [5.41, 5.74) is 1.09. The molecule has 5 nitrogen and oxygen atoms in total. The van der Waals surface area contributed by atoms with Crippen LogP contribution in [-0.2, 0) is 4.74 Å². The number of rotatable bonds is 5. The van der Waals surface area contributed by atoms with Gasteiger partial charge < -0.3 is 15.4 Å². The van der Waals surface area contributed by atoms with Crippen LogP contribution in [-0.4, -0.2) is 25.2 Å². The summed E-state index contributed by atoms with van der Waals surface area (Å²) in [7, 11) is 1.33. The van der Waals surface area contributed by atoms with Crippen molar-refractivity contribution in [3.63, 3.8) is 0 Å². The van der Waals surface area contributed by atoms with Gasteiger partial charge in [0, 0.05) is 11.7 Å². The maximum atomic E-state index is 11.7. The smallest absolute Gasteiger partial charge is 0.337 e. The number of carbonyl (C=O) groups is 2. The third kappa shape index (κ3) is 4.62. The normalized spacial score (nSPS) is 10.1. The molecule has 0 aliphatic carbocycles. The Morgan fingerprint density at radius 1 is 1.16 bits per heavy atom. The van der Waals surface area contributed by atoms with Crippen molar-refractivity contribution < 1.29 is 14.3 Å². The first kappa shape index (κ1) is 15.0. The van der Waals surface area contributed by atoms with Crippen LogP contribution >= 0.6 is 0 Å². The van der Waals surface area contributed by atoms with Crippen LogP contribution in [0.1, 0.15) is 37.0 Å². The molecule has 1 aromatic rings. The number of hydrogen-bond donors (Lipinski definition) is 2. The number of anilines is 1. The second-order valence-electron chi connectivity index (χ2n) is 4.18. The van der Waals surface area contributed by atoms with Crippen molar-refractivity contribution in [1.82, 2.24) is 5.32 Å². The molecule has 0 saturated carbocycles. The third-order valence-corrected chi connectivity index (χ3v) is 2.88. The molecule has 0 spiro atoms. The summed E-state index contributed by atoms with van der Waals surface area (Å²) in [5, 5.41) is 5.59. The lowest BCUT2D eigenvalue weighted by molar-refractivity contribution is 0.0601. The molecule has 2 amide bonds. The molecular weight excluding hydrogens is 244 g/mol. The highest BCUT2D eigenvalue weighted by Crippen LogP contribution is 2.10. The molecular formula is C14H20N2O3. The van der Waals surface area contributed by atoms with Crippen LogP contribution in [0.5, 0.6) is 0 Å². The van der Waals surface area contributed by atoms with Crippen molar-refractivity contribution in [3.8, 4) is 0 Å². The van der Waals surface area contributed by atoms with Crippen molar-refractivity contribution in [2.45, 2.75) is 32.7 Å². The minimum absolute atomic E-state index is 0.175. The van der Waals surface area contributed by atoms with Gasteiger partial charge >= 0.3 is 12.0 Å². The highest BCUT2D eigenvalue weighted by Gasteiger charge is 2.09. The fourth-order valence-corrected chi connectivity index (χ4v) is 1.65. The SMILES string of the molecule is CCC(CC)NC(=O)Nc1ccc(C(=O)OC)cc1. The molecule has 0 radical (unpaired) electrons. The molecule has 0 saturated heterocycles. The summed E-state index contributed by atoms with van der Waals surface area (Å²) >= 11 is 0. The Bertz CT molecular complexity index is 425. The maximum Gasteiger partial charge on any atom is 0.337 e. The first-order chi connectivity index (χ1) is 9.10. The number of amides is 2. The molecule has 0 unspecified atom stereocenters. The molecule has 0 atom stereocenters. The first-order valence-corrected chi connectivity index (χ1v) is 6.36. The summed E-state index contributed by atoms with van der Waals surface area (Å²) < 4.78 is 4.60. The summed E-state index contributed by atoms with van der Waals surface area (Å²) in [6.07, 6.45) is 1.79. The molecule has 0 aliphatic heterocycles. The number of esters is 1. The summed E-state index contributed by atoms with van der Waals surface area (Å²) in [5.74, 6) is -0.395. The molecule has 5 heteroatoms. The quantitative estimate of drug-likeness (QED) is 0.803. The first-order valence-electron chi connectivity index (χ1n) is 6.36. The van der Waals surface area contributed by atoms with E-state index in [9.17, 15) is 9.59 Å². The number of carbonyl (C=O) groups excluding carboxylic acids is 2. The number of nitrogens with one attached hydrogen (secondary N) is 2. The minimum Gasteiger partial charge on any atom is -0.465 e. The zero-order chi connectivity index (χ0) is 14.3. The van der Waals surface area contributed by atoms with Crippen LogP contribution in [0.25, 0.3) is 0 Å². The number of methoxy groups -OCH3 is 1. The topological polar surface area (TPSA) is 67.4 Å². The van der Waals surface area contributed by atoms with Gasteiger partial charge in [0.05, 0.1) is 12.7 Å². The highest BCUT2D eigenvalue weighted by molar-refractivity contribution is 5.92. The van der Waals surface area contributed by atoms with Crippen LogP contribution < -0.4 is 10.6 Å². The maximum absolute atomic E-state index is 11.7. The van der Waals surface area contributed by atoms with Crippen LogP contribution in [0.3, 0.4) is 0 Å². The van der Waals surface area contributed by atoms with Crippen LogP contribution in [0, 0.1) is 0 Å². The van der Waals surface area contributed by atoms with E-state index in [2.05, 4.69) is 15.4 Å². The van der Waals surface area contributed by atoms with E-state index in [0.717, 1.165) is 12.8 Å². The van der Waals surface area contributed by atoms with Gasteiger partial charge in [-0.2, -0.15) is 0 Å². The fourth-order valence-electron chi connectivity index (χ4n) is 1.65. The summed E-state index contributed by atoms with van der Waals surface area (Å²) in [6, 6.07) is 6.49. The van der Waals surface area contributed by atoms with E-state index in [-0.39, 0.29) is 12.1 Å². The Balaban J connectivity index is 2.58. The van der Waals surface area contributed by atoms with E-state index in [1.165, 1.54) is 7.11 Å². The van der Waals surface area contributed by atoms with Crippen molar-refractivity contribution in [1.29, 1.82) is 0 Å². The van der Waals surface area contributed by atoms with Crippen LogP contribution in [0.2, 0.25) is 0 Å². The molecule has 2 N–H and O–H groups in total. The molecule has 0 fully saturated rings. The monoisotopic (exact) mass is 264 g/mol. The van der Waals surface area contributed by atoms with E-state index in [1.807, 2.05) is 13.8 Å². The molecule has 0 bridgehead atoms. The Labute approximate surface area is 113 Å². The van der Waals surface area contributed by atoms with E-state index in [1.54, 1.807) is 24.3 Å². The largest absolute Gasteiger partial charge is 0.465 e. The highest BCUT2D eigenvalue weighted by atomic mass is 16.5. The summed E-state index contributed by atoms with van der Waals surface area (Å²) in [6.45, 7) is 4.05. The Morgan fingerprint density at radius 3 is 2.21 bits per heavy atom. The molecule has 0 aliphatic rings. The second kappa shape index (κ2) is 7.41. The van der Waals surface area contributed by atoms with Gasteiger partial charge in [-0.25, -0.2) is 9.59 Å². The molecule has 0 aromatic heterocycles. The number of hydrogen-bond acceptors (Lipinski definition) is 3. The second-order valence-corrected chi connectivity index (χ2v) is 4.18. The lowest BCUT2D eigenvalue weighted by Gasteiger charge is -2.15. The van der Waals surface area contributed by atoms with Crippen LogP contribution in [0.15, 0.2) is 24.3 Å². The predicted octanol–water partition coefficient (Wildman–Crippen LogP) is 2.78.